The standard InChI is InChI=1S/C12H14FNO2/c1-2-16-12(15)11-6-9-5-10(13)4-3-8(9)7-14-11/h3-5,11,14H,2,6-7H2,1H3/t11-/m0/s1. The Hall–Kier alpha value is -1.42. The van der Waals surface area contributed by atoms with Gasteiger partial charge < -0.3 is 10.1 Å². The van der Waals surface area contributed by atoms with Crippen LogP contribution in [0.4, 0.5) is 4.39 Å². The third-order valence-electron chi connectivity index (χ3n) is 2.70. The molecule has 0 aliphatic carbocycles. The Labute approximate surface area is 93.6 Å². The third-order valence-corrected chi connectivity index (χ3v) is 2.70. The molecule has 1 aliphatic heterocycles. The summed E-state index contributed by atoms with van der Waals surface area (Å²) in [5, 5.41) is 3.08. The van der Waals surface area contributed by atoms with Gasteiger partial charge in [0.2, 0.25) is 0 Å². The fourth-order valence-corrected chi connectivity index (χ4v) is 1.89. The molecule has 0 bridgehead atoms. The number of hydrogen-bond acceptors (Lipinski definition) is 3. The quantitative estimate of drug-likeness (QED) is 0.770. The monoisotopic (exact) mass is 223 g/mol. The highest BCUT2D eigenvalue weighted by Crippen LogP contribution is 2.18. The molecule has 0 amide bonds. The number of carbonyl (C=O) groups excluding carboxylic acids is 1. The number of benzene rings is 1. The SMILES string of the molecule is CCOC(=O)[C@@H]1Cc2cc(F)ccc2CN1. The van der Waals surface area contributed by atoms with E-state index in [9.17, 15) is 9.18 Å². The molecule has 1 heterocycles. The molecular formula is C12H14FNO2. The van der Waals surface area contributed by atoms with Crippen molar-refractivity contribution >= 4 is 5.97 Å². The van der Waals surface area contributed by atoms with Crippen LogP contribution >= 0.6 is 0 Å². The van der Waals surface area contributed by atoms with Crippen molar-refractivity contribution in [3.8, 4) is 0 Å². The summed E-state index contributed by atoms with van der Waals surface area (Å²) in [6.07, 6.45) is 0.492. The maximum absolute atomic E-state index is 13.0. The second-order valence-corrected chi connectivity index (χ2v) is 3.80. The number of carbonyl (C=O) groups is 1. The molecule has 1 aromatic carbocycles. The van der Waals surface area contributed by atoms with E-state index >= 15 is 0 Å². The number of esters is 1. The molecule has 16 heavy (non-hydrogen) atoms. The van der Waals surface area contributed by atoms with E-state index in [2.05, 4.69) is 5.32 Å². The zero-order valence-electron chi connectivity index (χ0n) is 9.13. The topological polar surface area (TPSA) is 38.3 Å². The van der Waals surface area contributed by atoms with Gasteiger partial charge in [-0.05, 0) is 36.6 Å². The number of rotatable bonds is 2. The highest BCUT2D eigenvalue weighted by Gasteiger charge is 2.25. The van der Waals surface area contributed by atoms with Crippen LogP contribution in [0.25, 0.3) is 0 Å². The van der Waals surface area contributed by atoms with Gasteiger partial charge in [0.15, 0.2) is 0 Å². The van der Waals surface area contributed by atoms with Gasteiger partial charge in [-0.2, -0.15) is 0 Å². The van der Waals surface area contributed by atoms with E-state index in [0.29, 0.717) is 19.6 Å². The summed E-state index contributed by atoms with van der Waals surface area (Å²) in [6, 6.07) is 4.32. The predicted octanol–water partition coefficient (Wildman–Crippen LogP) is 1.40. The molecular weight excluding hydrogens is 209 g/mol. The van der Waals surface area contributed by atoms with E-state index in [4.69, 9.17) is 4.74 Å². The molecule has 0 unspecified atom stereocenters. The van der Waals surface area contributed by atoms with Gasteiger partial charge in [0, 0.05) is 6.54 Å². The van der Waals surface area contributed by atoms with E-state index in [1.807, 2.05) is 0 Å². The normalized spacial score (nSPS) is 19.0. The zero-order valence-corrected chi connectivity index (χ0v) is 9.13. The Bertz CT molecular complexity index is 406. The molecule has 86 valence electrons. The van der Waals surface area contributed by atoms with E-state index in [0.717, 1.165) is 11.1 Å². The van der Waals surface area contributed by atoms with E-state index in [-0.39, 0.29) is 17.8 Å². The summed E-state index contributed by atoms with van der Waals surface area (Å²) >= 11 is 0. The van der Waals surface area contributed by atoms with Gasteiger partial charge in [0.05, 0.1) is 6.61 Å². The van der Waals surface area contributed by atoms with E-state index in [1.54, 1.807) is 13.0 Å². The first-order valence-corrected chi connectivity index (χ1v) is 5.38. The van der Waals surface area contributed by atoms with Gasteiger partial charge in [0.1, 0.15) is 11.9 Å². The first kappa shape index (κ1) is 11.1. The minimum atomic E-state index is -0.353. The van der Waals surface area contributed by atoms with E-state index in [1.165, 1.54) is 12.1 Å². The summed E-state index contributed by atoms with van der Waals surface area (Å²) in [6.45, 7) is 2.72. The number of hydrogen-bond donors (Lipinski definition) is 1. The van der Waals surface area contributed by atoms with Gasteiger partial charge >= 0.3 is 5.97 Å². The number of halogens is 1. The molecule has 1 N–H and O–H groups in total. The molecule has 1 aliphatic rings. The van der Waals surface area contributed by atoms with Crippen molar-refractivity contribution < 1.29 is 13.9 Å². The van der Waals surface area contributed by atoms with Crippen molar-refractivity contribution in [2.75, 3.05) is 6.61 Å². The number of fused-ring (bicyclic) bond motifs is 1. The highest BCUT2D eigenvalue weighted by molar-refractivity contribution is 5.76. The summed E-state index contributed by atoms with van der Waals surface area (Å²) in [5.74, 6) is -0.527. The Balaban J connectivity index is 2.13. The first-order chi connectivity index (χ1) is 7.70. The average Bonchev–Trinajstić information content (AvgIpc) is 2.28. The van der Waals surface area contributed by atoms with Gasteiger partial charge in [-0.1, -0.05) is 6.07 Å². The molecule has 0 saturated heterocycles. The molecule has 2 rings (SSSR count). The van der Waals surface area contributed by atoms with Crippen molar-refractivity contribution in [3.05, 3.63) is 35.1 Å². The molecule has 3 nitrogen and oxygen atoms in total. The Kier molecular flexibility index (Phi) is 3.19. The maximum Gasteiger partial charge on any atom is 0.323 e. The number of nitrogens with one attached hydrogen (secondary N) is 1. The maximum atomic E-state index is 13.0. The van der Waals surface area contributed by atoms with Crippen LogP contribution in [0.1, 0.15) is 18.1 Å². The van der Waals surface area contributed by atoms with Crippen molar-refractivity contribution in [1.29, 1.82) is 0 Å². The molecule has 0 radical (unpaired) electrons. The Morgan fingerprint density at radius 2 is 2.38 bits per heavy atom. The van der Waals surface area contributed by atoms with Gasteiger partial charge in [-0.15, -0.1) is 0 Å². The lowest BCUT2D eigenvalue weighted by atomic mass is 9.96. The second kappa shape index (κ2) is 4.61. The fraction of sp³-hybridized carbons (Fsp3) is 0.417. The lowest BCUT2D eigenvalue weighted by Gasteiger charge is -2.24. The molecule has 0 spiro atoms. The summed E-state index contributed by atoms with van der Waals surface area (Å²) in [5.41, 5.74) is 1.93. The largest absolute Gasteiger partial charge is 0.465 e. The van der Waals surface area contributed by atoms with Crippen LogP contribution in [0.5, 0.6) is 0 Å². The average molecular weight is 223 g/mol. The summed E-state index contributed by atoms with van der Waals surface area (Å²) < 4.78 is 18.0. The predicted molar refractivity (Wildman–Crippen MR) is 57.4 cm³/mol. The van der Waals surface area contributed by atoms with Crippen LogP contribution in [-0.2, 0) is 22.5 Å². The lowest BCUT2D eigenvalue weighted by molar-refractivity contribution is -0.145. The molecule has 1 atom stereocenters. The number of ether oxygens (including phenoxy) is 1. The smallest absolute Gasteiger partial charge is 0.323 e. The molecule has 1 aromatic rings. The fourth-order valence-electron chi connectivity index (χ4n) is 1.89. The van der Waals surface area contributed by atoms with Gasteiger partial charge in [-0.3, -0.25) is 4.79 Å². The van der Waals surface area contributed by atoms with Crippen molar-refractivity contribution in [1.82, 2.24) is 5.32 Å². The van der Waals surface area contributed by atoms with Crippen molar-refractivity contribution in [3.63, 3.8) is 0 Å². The minimum absolute atomic E-state index is 0.261. The second-order valence-electron chi connectivity index (χ2n) is 3.80. The van der Waals surface area contributed by atoms with Crippen LogP contribution in [0.15, 0.2) is 18.2 Å². The van der Waals surface area contributed by atoms with Crippen LogP contribution < -0.4 is 5.32 Å². The van der Waals surface area contributed by atoms with Crippen LogP contribution in [0, 0.1) is 5.82 Å². The summed E-state index contributed by atoms with van der Waals surface area (Å²) in [4.78, 5) is 11.5. The van der Waals surface area contributed by atoms with Crippen molar-refractivity contribution in [2.24, 2.45) is 0 Å². The Morgan fingerprint density at radius 1 is 1.56 bits per heavy atom. The first-order valence-electron chi connectivity index (χ1n) is 5.38. The molecule has 4 heteroatoms. The van der Waals surface area contributed by atoms with Crippen LogP contribution in [0.2, 0.25) is 0 Å². The summed E-state index contributed by atoms with van der Waals surface area (Å²) in [7, 11) is 0. The zero-order chi connectivity index (χ0) is 11.5. The van der Waals surface area contributed by atoms with Crippen LogP contribution in [-0.4, -0.2) is 18.6 Å². The van der Waals surface area contributed by atoms with Crippen molar-refractivity contribution in [2.45, 2.75) is 25.9 Å². The molecule has 0 saturated carbocycles. The van der Waals surface area contributed by atoms with Crippen LogP contribution in [0.3, 0.4) is 0 Å². The minimum Gasteiger partial charge on any atom is -0.465 e. The van der Waals surface area contributed by atoms with Gasteiger partial charge in [0.25, 0.3) is 0 Å². The Morgan fingerprint density at radius 3 is 3.12 bits per heavy atom. The van der Waals surface area contributed by atoms with E-state index < -0.39 is 0 Å². The lowest BCUT2D eigenvalue weighted by Crippen LogP contribution is -2.42. The highest BCUT2D eigenvalue weighted by atomic mass is 19.1. The van der Waals surface area contributed by atoms with Gasteiger partial charge in [-0.25, -0.2) is 4.39 Å². The third kappa shape index (κ3) is 2.22. The molecule has 0 aromatic heterocycles. The molecule has 0 fully saturated rings.